The van der Waals surface area contributed by atoms with Crippen molar-refractivity contribution in [1.82, 2.24) is 9.88 Å². The minimum Gasteiger partial charge on any atom is -0.494 e. The molecule has 1 aliphatic rings. The van der Waals surface area contributed by atoms with E-state index in [1.165, 1.54) is 17.6 Å². The van der Waals surface area contributed by atoms with Crippen LogP contribution in [0.25, 0.3) is 10.2 Å². The molecule has 1 saturated heterocycles. The molecule has 3 aromatic rings. The zero-order chi connectivity index (χ0) is 19.3. The van der Waals surface area contributed by atoms with E-state index in [1.54, 1.807) is 17.0 Å². The third kappa shape index (κ3) is 4.19. The van der Waals surface area contributed by atoms with Gasteiger partial charge in [0.25, 0.3) is 5.91 Å². The van der Waals surface area contributed by atoms with Gasteiger partial charge >= 0.3 is 0 Å². The Morgan fingerprint density at radius 2 is 2.18 bits per heavy atom. The van der Waals surface area contributed by atoms with Gasteiger partial charge in [0, 0.05) is 26.2 Å². The van der Waals surface area contributed by atoms with E-state index in [0.717, 1.165) is 48.8 Å². The van der Waals surface area contributed by atoms with Crippen molar-refractivity contribution in [2.24, 2.45) is 0 Å². The van der Waals surface area contributed by atoms with E-state index in [9.17, 15) is 4.79 Å². The van der Waals surface area contributed by atoms with Crippen molar-refractivity contribution in [3.8, 4) is 5.75 Å². The highest BCUT2D eigenvalue weighted by Gasteiger charge is 2.24. The first kappa shape index (κ1) is 18.9. The smallest absolute Gasteiger partial charge is 0.295 e. The molecule has 4 rings (SSSR count). The SMILES string of the molecule is CCOc1ccc2nc(N(CCN3CCOCC3)C(=O)c3ccco3)sc2c1. The summed E-state index contributed by atoms with van der Waals surface area (Å²) in [5, 5.41) is 0.665. The predicted octanol–water partition coefficient (Wildman–Crippen LogP) is 3.27. The van der Waals surface area contributed by atoms with E-state index in [0.29, 0.717) is 24.0 Å². The van der Waals surface area contributed by atoms with E-state index < -0.39 is 0 Å². The Morgan fingerprint density at radius 1 is 1.32 bits per heavy atom. The highest BCUT2D eigenvalue weighted by molar-refractivity contribution is 7.22. The molecule has 7 nitrogen and oxygen atoms in total. The second-order valence-electron chi connectivity index (χ2n) is 6.45. The van der Waals surface area contributed by atoms with Crippen LogP contribution in [-0.4, -0.2) is 61.8 Å². The maximum absolute atomic E-state index is 13.1. The largest absolute Gasteiger partial charge is 0.494 e. The van der Waals surface area contributed by atoms with Crippen molar-refractivity contribution in [3.63, 3.8) is 0 Å². The predicted molar refractivity (Wildman–Crippen MR) is 108 cm³/mol. The lowest BCUT2D eigenvalue weighted by Crippen LogP contribution is -2.43. The minimum atomic E-state index is -0.178. The third-order valence-corrected chi connectivity index (χ3v) is 5.65. The highest BCUT2D eigenvalue weighted by atomic mass is 32.1. The quantitative estimate of drug-likeness (QED) is 0.605. The van der Waals surface area contributed by atoms with Gasteiger partial charge < -0.3 is 13.9 Å². The Labute approximate surface area is 167 Å². The van der Waals surface area contributed by atoms with Gasteiger partial charge in [0.05, 0.1) is 36.3 Å². The summed E-state index contributed by atoms with van der Waals surface area (Å²) in [4.78, 5) is 21.8. The number of anilines is 1. The number of hydrogen-bond donors (Lipinski definition) is 0. The third-order valence-electron chi connectivity index (χ3n) is 4.61. The van der Waals surface area contributed by atoms with Crippen molar-refractivity contribution in [2.75, 3.05) is 50.9 Å². The van der Waals surface area contributed by atoms with Crippen LogP contribution in [0.15, 0.2) is 41.0 Å². The molecule has 0 aliphatic carbocycles. The number of hydrogen-bond acceptors (Lipinski definition) is 7. The lowest BCUT2D eigenvalue weighted by Gasteiger charge is -2.28. The van der Waals surface area contributed by atoms with Gasteiger partial charge in [0.1, 0.15) is 5.75 Å². The number of carbonyl (C=O) groups excluding carboxylic acids is 1. The van der Waals surface area contributed by atoms with Crippen LogP contribution in [0.2, 0.25) is 0 Å². The Balaban J connectivity index is 1.59. The molecule has 0 atom stereocenters. The van der Waals surface area contributed by atoms with Crippen molar-refractivity contribution in [1.29, 1.82) is 0 Å². The van der Waals surface area contributed by atoms with Gasteiger partial charge in [-0.2, -0.15) is 0 Å². The summed E-state index contributed by atoms with van der Waals surface area (Å²) >= 11 is 1.49. The van der Waals surface area contributed by atoms with Crippen molar-refractivity contribution in [2.45, 2.75) is 6.92 Å². The summed E-state index contributed by atoms with van der Waals surface area (Å²) in [6.45, 7) is 7.08. The zero-order valence-corrected chi connectivity index (χ0v) is 16.6. The fraction of sp³-hybridized carbons (Fsp3) is 0.400. The summed E-state index contributed by atoms with van der Waals surface area (Å²) in [5.41, 5.74) is 0.854. The molecule has 1 aliphatic heterocycles. The summed E-state index contributed by atoms with van der Waals surface area (Å²) in [5.74, 6) is 0.945. The summed E-state index contributed by atoms with van der Waals surface area (Å²) in [6, 6.07) is 9.21. The molecule has 148 valence electrons. The number of ether oxygens (including phenoxy) is 2. The maximum atomic E-state index is 13.1. The molecule has 0 radical (unpaired) electrons. The molecule has 0 spiro atoms. The van der Waals surface area contributed by atoms with Crippen LogP contribution in [0.5, 0.6) is 5.75 Å². The lowest BCUT2D eigenvalue weighted by atomic mass is 10.3. The monoisotopic (exact) mass is 401 g/mol. The number of thiazole rings is 1. The van der Waals surface area contributed by atoms with Crippen molar-refractivity contribution in [3.05, 3.63) is 42.4 Å². The van der Waals surface area contributed by atoms with Gasteiger partial charge in [-0.3, -0.25) is 14.6 Å². The fourth-order valence-electron chi connectivity index (χ4n) is 3.15. The van der Waals surface area contributed by atoms with Crippen LogP contribution in [-0.2, 0) is 4.74 Å². The van der Waals surface area contributed by atoms with E-state index >= 15 is 0 Å². The number of fused-ring (bicyclic) bond motifs is 1. The van der Waals surface area contributed by atoms with Crippen molar-refractivity contribution < 1.29 is 18.7 Å². The average molecular weight is 401 g/mol. The second kappa shape index (κ2) is 8.72. The molecule has 2 aromatic heterocycles. The molecule has 8 heteroatoms. The average Bonchev–Trinajstić information content (AvgIpc) is 3.39. The minimum absolute atomic E-state index is 0.178. The zero-order valence-electron chi connectivity index (χ0n) is 15.8. The summed E-state index contributed by atoms with van der Waals surface area (Å²) in [7, 11) is 0. The van der Waals surface area contributed by atoms with E-state index in [4.69, 9.17) is 18.9 Å². The van der Waals surface area contributed by atoms with Gasteiger partial charge in [-0.1, -0.05) is 11.3 Å². The highest BCUT2D eigenvalue weighted by Crippen LogP contribution is 2.32. The second-order valence-corrected chi connectivity index (χ2v) is 7.46. The Bertz CT molecular complexity index is 919. The number of furan rings is 1. The van der Waals surface area contributed by atoms with Crippen molar-refractivity contribution >= 4 is 32.6 Å². The summed E-state index contributed by atoms with van der Waals surface area (Å²) in [6.07, 6.45) is 1.51. The molecule has 0 bridgehead atoms. The molecule has 0 saturated carbocycles. The first-order valence-electron chi connectivity index (χ1n) is 9.43. The number of morpholine rings is 1. The maximum Gasteiger partial charge on any atom is 0.295 e. The topological polar surface area (TPSA) is 68.0 Å². The van der Waals surface area contributed by atoms with Crippen LogP contribution >= 0.6 is 11.3 Å². The molecular formula is C20H23N3O4S. The Hall–Kier alpha value is -2.42. The lowest BCUT2D eigenvalue weighted by molar-refractivity contribution is 0.0390. The van der Waals surface area contributed by atoms with Crippen LogP contribution in [0.4, 0.5) is 5.13 Å². The standard InChI is InChI=1S/C20H23N3O4S/c1-2-26-15-5-6-16-18(14-15)28-20(21-16)23(19(24)17-4-3-11-27-17)8-7-22-9-12-25-13-10-22/h3-6,11,14H,2,7-10,12-13H2,1H3. The molecule has 1 fully saturated rings. The van der Waals surface area contributed by atoms with Crippen LogP contribution in [0, 0.1) is 0 Å². The number of nitrogens with zero attached hydrogens (tertiary/aromatic N) is 3. The molecular weight excluding hydrogens is 378 g/mol. The van der Waals surface area contributed by atoms with Gasteiger partial charge in [0.2, 0.25) is 0 Å². The number of carbonyl (C=O) groups is 1. The van der Waals surface area contributed by atoms with Crippen LogP contribution in [0.3, 0.4) is 0 Å². The molecule has 1 aromatic carbocycles. The Kier molecular flexibility index (Phi) is 5.90. The summed E-state index contributed by atoms with van der Waals surface area (Å²) < 4.78 is 17.3. The van der Waals surface area contributed by atoms with E-state index in [-0.39, 0.29) is 5.91 Å². The molecule has 3 heterocycles. The van der Waals surface area contributed by atoms with Gasteiger partial charge in [-0.15, -0.1) is 0 Å². The van der Waals surface area contributed by atoms with Crippen LogP contribution < -0.4 is 9.64 Å². The molecule has 1 amide bonds. The number of amides is 1. The normalized spacial score (nSPS) is 15.0. The molecule has 28 heavy (non-hydrogen) atoms. The van der Waals surface area contributed by atoms with Gasteiger partial charge in [-0.25, -0.2) is 4.98 Å². The fourth-order valence-corrected chi connectivity index (χ4v) is 4.17. The van der Waals surface area contributed by atoms with Gasteiger partial charge in [0.15, 0.2) is 10.9 Å². The first-order chi connectivity index (χ1) is 13.7. The van der Waals surface area contributed by atoms with E-state index in [2.05, 4.69) is 4.90 Å². The first-order valence-corrected chi connectivity index (χ1v) is 10.2. The Morgan fingerprint density at radius 3 is 2.93 bits per heavy atom. The van der Waals surface area contributed by atoms with Crippen LogP contribution in [0.1, 0.15) is 17.5 Å². The number of aromatic nitrogens is 1. The molecule has 0 N–H and O–H groups in total. The van der Waals surface area contributed by atoms with E-state index in [1.807, 2.05) is 25.1 Å². The number of rotatable bonds is 7. The van der Waals surface area contributed by atoms with Gasteiger partial charge in [-0.05, 0) is 37.3 Å². The number of benzene rings is 1. The molecule has 0 unspecified atom stereocenters.